The third-order valence-corrected chi connectivity index (χ3v) is 3.47. The summed E-state index contributed by atoms with van der Waals surface area (Å²) < 4.78 is 2.01. The van der Waals surface area contributed by atoms with Crippen molar-refractivity contribution in [3.8, 4) is 6.07 Å². The van der Waals surface area contributed by atoms with Gasteiger partial charge in [0.15, 0.2) is 0 Å². The molecule has 0 aliphatic heterocycles. The standard InChI is InChI=1S/C16H20N4/c1-3-9-19-16(12-17,15-7-5-4-6-8-15)13-20-11-10-18-14(20)2/h4-8,10-11,19H,3,9,13H2,1-2H3. The molecule has 1 N–H and O–H groups in total. The lowest BCUT2D eigenvalue weighted by Gasteiger charge is -2.29. The Kier molecular flexibility index (Phi) is 4.54. The molecule has 104 valence electrons. The molecule has 0 fully saturated rings. The number of nitrogens with one attached hydrogen (secondary N) is 1. The molecule has 20 heavy (non-hydrogen) atoms. The summed E-state index contributed by atoms with van der Waals surface area (Å²) in [7, 11) is 0. The number of benzene rings is 1. The number of imidazole rings is 1. The van der Waals surface area contributed by atoms with Crippen LogP contribution in [0.2, 0.25) is 0 Å². The maximum absolute atomic E-state index is 9.80. The number of hydrogen-bond donors (Lipinski definition) is 1. The molecule has 2 aromatic rings. The Hall–Kier alpha value is -2.12. The first-order chi connectivity index (χ1) is 9.72. The summed E-state index contributed by atoms with van der Waals surface area (Å²) >= 11 is 0. The Balaban J connectivity index is 2.38. The van der Waals surface area contributed by atoms with Crippen LogP contribution < -0.4 is 5.32 Å². The average molecular weight is 268 g/mol. The van der Waals surface area contributed by atoms with Gasteiger partial charge in [0.25, 0.3) is 0 Å². The molecular weight excluding hydrogens is 248 g/mol. The number of nitriles is 1. The number of nitrogens with zero attached hydrogens (tertiary/aromatic N) is 3. The largest absolute Gasteiger partial charge is 0.332 e. The lowest BCUT2D eigenvalue weighted by atomic mass is 9.91. The second-order valence-corrected chi connectivity index (χ2v) is 4.91. The van der Waals surface area contributed by atoms with Crippen LogP contribution in [0.4, 0.5) is 0 Å². The van der Waals surface area contributed by atoms with Crippen LogP contribution >= 0.6 is 0 Å². The predicted octanol–water partition coefficient (Wildman–Crippen LogP) is 2.61. The van der Waals surface area contributed by atoms with Crippen LogP contribution in [0.3, 0.4) is 0 Å². The minimum atomic E-state index is -0.720. The molecule has 0 saturated carbocycles. The number of aromatic nitrogens is 2. The Morgan fingerprint density at radius 3 is 2.65 bits per heavy atom. The molecule has 0 amide bonds. The van der Waals surface area contributed by atoms with Gasteiger partial charge in [0.2, 0.25) is 0 Å². The van der Waals surface area contributed by atoms with Crippen molar-refractivity contribution in [3.05, 3.63) is 54.1 Å². The van der Waals surface area contributed by atoms with Crippen molar-refractivity contribution in [2.24, 2.45) is 0 Å². The molecule has 0 spiro atoms. The Morgan fingerprint density at radius 1 is 1.35 bits per heavy atom. The van der Waals surface area contributed by atoms with Gasteiger partial charge >= 0.3 is 0 Å². The molecule has 0 aliphatic rings. The van der Waals surface area contributed by atoms with Gasteiger partial charge in [0.05, 0.1) is 12.6 Å². The molecule has 0 radical (unpaired) electrons. The fourth-order valence-electron chi connectivity index (χ4n) is 2.28. The molecular formula is C16H20N4. The van der Waals surface area contributed by atoms with E-state index in [0.717, 1.165) is 24.4 Å². The minimum absolute atomic E-state index is 0.555. The molecule has 0 bridgehead atoms. The van der Waals surface area contributed by atoms with E-state index < -0.39 is 5.54 Å². The maximum atomic E-state index is 9.80. The third-order valence-electron chi connectivity index (χ3n) is 3.47. The molecule has 0 saturated heterocycles. The van der Waals surface area contributed by atoms with Crippen molar-refractivity contribution < 1.29 is 0 Å². The molecule has 1 heterocycles. The lowest BCUT2D eigenvalue weighted by molar-refractivity contribution is 0.365. The first kappa shape index (κ1) is 14.3. The van der Waals surface area contributed by atoms with Gasteiger partial charge in [-0.05, 0) is 25.5 Å². The summed E-state index contributed by atoms with van der Waals surface area (Å²) in [6.07, 6.45) is 4.67. The van der Waals surface area contributed by atoms with Crippen molar-refractivity contribution in [2.75, 3.05) is 6.54 Å². The number of aryl methyl sites for hydroxylation is 1. The van der Waals surface area contributed by atoms with Gasteiger partial charge in [0.1, 0.15) is 11.4 Å². The summed E-state index contributed by atoms with van der Waals surface area (Å²) in [6.45, 7) is 5.41. The highest BCUT2D eigenvalue weighted by Crippen LogP contribution is 2.23. The predicted molar refractivity (Wildman–Crippen MR) is 79.0 cm³/mol. The smallest absolute Gasteiger partial charge is 0.150 e. The Labute approximate surface area is 120 Å². The van der Waals surface area contributed by atoms with Crippen molar-refractivity contribution in [1.29, 1.82) is 5.26 Å². The molecule has 4 nitrogen and oxygen atoms in total. The van der Waals surface area contributed by atoms with Crippen molar-refractivity contribution >= 4 is 0 Å². The van der Waals surface area contributed by atoms with Gasteiger partial charge in [-0.1, -0.05) is 37.3 Å². The van der Waals surface area contributed by atoms with Crippen molar-refractivity contribution in [3.63, 3.8) is 0 Å². The second kappa shape index (κ2) is 6.36. The van der Waals surface area contributed by atoms with E-state index in [4.69, 9.17) is 0 Å². The summed E-state index contributed by atoms with van der Waals surface area (Å²) in [5.41, 5.74) is 0.270. The fraction of sp³-hybridized carbons (Fsp3) is 0.375. The van der Waals surface area contributed by atoms with Crippen LogP contribution in [0, 0.1) is 18.3 Å². The third kappa shape index (κ3) is 2.89. The first-order valence-corrected chi connectivity index (χ1v) is 6.91. The Bertz CT molecular complexity index is 582. The number of rotatable bonds is 6. The topological polar surface area (TPSA) is 53.6 Å². The van der Waals surface area contributed by atoms with Crippen LogP contribution in [-0.2, 0) is 12.1 Å². The Morgan fingerprint density at radius 2 is 2.10 bits per heavy atom. The fourth-order valence-corrected chi connectivity index (χ4v) is 2.28. The van der Waals surface area contributed by atoms with E-state index in [1.54, 1.807) is 6.20 Å². The zero-order valence-corrected chi connectivity index (χ0v) is 12.0. The van der Waals surface area contributed by atoms with Gasteiger partial charge in [-0.3, -0.25) is 5.32 Å². The monoisotopic (exact) mass is 268 g/mol. The maximum Gasteiger partial charge on any atom is 0.150 e. The summed E-state index contributed by atoms with van der Waals surface area (Å²) in [6, 6.07) is 12.4. The van der Waals surface area contributed by atoms with Crippen LogP contribution in [0.15, 0.2) is 42.7 Å². The minimum Gasteiger partial charge on any atom is -0.332 e. The highest BCUT2D eigenvalue weighted by Gasteiger charge is 2.32. The molecule has 1 unspecified atom stereocenters. The van der Waals surface area contributed by atoms with E-state index >= 15 is 0 Å². The normalized spacial score (nSPS) is 13.7. The molecule has 0 aliphatic carbocycles. The molecule has 1 aromatic carbocycles. The van der Waals surface area contributed by atoms with Crippen LogP contribution in [-0.4, -0.2) is 16.1 Å². The van der Waals surface area contributed by atoms with Crippen LogP contribution in [0.25, 0.3) is 0 Å². The van der Waals surface area contributed by atoms with Gasteiger partial charge in [-0.15, -0.1) is 0 Å². The van der Waals surface area contributed by atoms with E-state index in [9.17, 15) is 5.26 Å². The van der Waals surface area contributed by atoms with Gasteiger partial charge in [-0.25, -0.2) is 4.98 Å². The molecule has 1 atom stereocenters. The number of hydrogen-bond acceptors (Lipinski definition) is 3. The quantitative estimate of drug-likeness (QED) is 0.876. The SMILES string of the molecule is CCCNC(C#N)(Cn1ccnc1C)c1ccccc1. The van der Waals surface area contributed by atoms with Crippen molar-refractivity contribution in [1.82, 2.24) is 14.9 Å². The zero-order valence-electron chi connectivity index (χ0n) is 12.0. The molecule has 4 heteroatoms. The highest BCUT2D eigenvalue weighted by molar-refractivity contribution is 5.31. The van der Waals surface area contributed by atoms with E-state index in [2.05, 4.69) is 23.3 Å². The molecule has 2 rings (SSSR count). The second-order valence-electron chi connectivity index (χ2n) is 4.91. The van der Waals surface area contributed by atoms with Crippen LogP contribution in [0.5, 0.6) is 0 Å². The first-order valence-electron chi connectivity index (χ1n) is 6.91. The van der Waals surface area contributed by atoms with Crippen molar-refractivity contribution in [2.45, 2.75) is 32.4 Å². The zero-order chi connectivity index (χ0) is 14.4. The summed E-state index contributed by atoms with van der Waals surface area (Å²) in [4.78, 5) is 4.23. The average Bonchev–Trinajstić information content (AvgIpc) is 2.89. The van der Waals surface area contributed by atoms with E-state index in [-0.39, 0.29) is 0 Å². The lowest BCUT2D eigenvalue weighted by Crippen LogP contribution is -2.45. The van der Waals surface area contributed by atoms with E-state index in [1.165, 1.54) is 0 Å². The van der Waals surface area contributed by atoms with Gasteiger partial charge < -0.3 is 4.57 Å². The van der Waals surface area contributed by atoms with E-state index in [0.29, 0.717) is 6.54 Å². The summed E-state index contributed by atoms with van der Waals surface area (Å²) in [5.74, 6) is 0.916. The summed E-state index contributed by atoms with van der Waals surface area (Å²) in [5, 5.41) is 13.2. The van der Waals surface area contributed by atoms with Crippen LogP contribution in [0.1, 0.15) is 24.7 Å². The highest BCUT2D eigenvalue weighted by atomic mass is 15.1. The van der Waals surface area contributed by atoms with Gasteiger partial charge in [0, 0.05) is 12.4 Å². The molecule has 1 aromatic heterocycles. The van der Waals surface area contributed by atoms with Gasteiger partial charge in [-0.2, -0.15) is 5.26 Å². The van der Waals surface area contributed by atoms with E-state index in [1.807, 2.05) is 48.0 Å².